The molecule has 0 unspecified atom stereocenters. The van der Waals surface area contributed by atoms with Crippen molar-refractivity contribution in [2.75, 3.05) is 19.8 Å². The number of aromatic nitrogens is 1. The van der Waals surface area contributed by atoms with Crippen molar-refractivity contribution in [3.8, 4) is 0 Å². The van der Waals surface area contributed by atoms with E-state index >= 15 is 0 Å². The minimum absolute atomic E-state index is 0.00606. The number of carboxylic acid groups (broad SMARTS) is 1. The van der Waals surface area contributed by atoms with E-state index in [1.165, 1.54) is 13.8 Å². The standard InChI is InChI=1S/C13H22N2O5S/c1-4-5-7-20-8-6-14-21(18,19)12-9(2)11(13(16)17)15-10(12)3/h14-15H,4-8H2,1-3H3,(H,16,17). The fourth-order valence-corrected chi connectivity index (χ4v) is 3.47. The van der Waals surface area contributed by atoms with E-state index in [-0.39, 0.29) is 29.3 Å². The van der Waals surface area contributed by atoms with Gasteiger partial charge in [0.1, 0.15) is 10.6 Å². The lowest BCUT2D eigenvalue weighted by Gasteiger charge is -2.08. The Balaban J connectivity index is 2.73. The molecular formula is C13H22N2O5S. The first-order valence-corrected chi connectivity index (χ1v) is 8.29. The Morgan fingerprint density at radius 1 is 1.33 bits per heavy atom. The summed E-state index contributed by atoms with van der Waals surface area (Å²) in [6.07, 6.45) is 1.95. The molecule has 0 atom stereocenters. The monoisotopic (exact) mass is 318 g/mol. The van der Waals surface area contributed by atoms with Gasteiger partial charge in [-0.2, -0.15) is 0 Å². The molecule has 21 heavy (non-hydrogen) atoms. The van der Waals surface area contributed by atoms with E-state index < -0.39 is 16.0 Å². The Bertz CT molecular complexity index is 592. The molecule has 0 spiro atoms. The second-order valence-corrected chi connectivity index (χ2v) is 6.45. The van der Waals surface area contributed by atoms with Gasteiger partial charge in [-0.25, -0.2) is 17.9 Å². The largest absolute Gasteiger partial charge is 0.477 e. The molecule has 0 amide bonds. The van der Waals surface area contributed by atoms with Gasteiger partial charge in [0, 0.05) is 24.4 Å². The van der Waals surface area contributed by atoms with Crippen molar-refractivity contribution in [1.82, 2.24) is 9.71 Å². The van der Waals surface area contributed by atoms with Crippen molar-refractivity contribution in [2.24, 2.45) is 0 Å². The van der Waals surface area contributed by atoms with Crippen molar-refractivity contribution in [2.45, 2.75) is 38.5 Å². The maximum absolute atomic E-state index is 12.2. The Morgan fingerprint density at radius 2 is 2.00 bits per heavy atom. The number of nitrogens with one attached hydrogen (secondary N) is 2. The molecule has 0 saturated heterocycles. The molecule has 0 saturated carbocycles. The van der Waals surface area contributed by atoms with Crippen molar-refractivity contribution in [1.29, 1.82) is 0 Å². The highest BCUT2D eigenvalue weighted by molar-refractivity contribution is 7.89. The van der Waals surface area contributed by atoms with Crippen LogP contribution in [-0.4, -0.2) is 44.2 Å². The molecule has 0 fully saturated rings. The number of H-pyrrole nitrogens is 1. The number of unbranched alkanes of at least 4 members (excludes halogenated alkanes) is 1. The first-order chi connectivity index (χ1) is 9.81. The van der Waals surface area contributed by atoms with Gasteiger partial charge in [0.25, 0.3) is 0 Å². The summed E-state index contributed by atoms with van der Waals surface area (Å²) in [5.74, 6) is -1.18. The van der Waals surface area contributed by atoms with Crippen LogP contribution < -0.4 is 4.72 Å². The number of hydrogen-bond donors (Lipinski definition) is 3. The van der Waals surface area contributed by atoms with Crippen LogP contribution in [-0.2, 0) is 14.8 Å². The smallest absolute Gasteiger partial charge is 0.352 e. The number of rotatable bonds is 9. The van der Waals surface area contributed by atoms with Crippen LogP contribution in [0, 0.1) is 13.8 Å². The van der Waals surface area contributed by atoms with E-state index in [1.54, 1.807) is 0 Å². The lowest BCUT2D eigenvalue weighted by molar-refractivity contribution is 0.0690. The van der Waals surface area contributed by atoms with Crippen LogP contribution in [0.15, 0.2) is 4.90 Å². The molecule has 7 nitrogen and oxygen atoms in total. The van der Waals surface area contributed by atoms with Gasteiger partial charge in [-0.1, -0.05) is 13.3 Å². The van der Waals surface area contributed by atoms with E-state index in [4.69, 9.17) is 9.84 Å². The number of sulfonamides is 1. The van der Waals surface area contributed by atoms with Crippen molar-refractivity contribution >= 4 is 16.0 Å². The van der Waals surface area contributed by atoms with E-state index in [1.807, 2.05) is 6.92 Å². The average Bonchev–Trinajstić information content (AvgIpc) is 2.69. The summed E-state index contributed by atoms with van der Waals surface area (Å²) >= 11 is 0. The normalized spacial score (nSPS) is 11.8. The van der Waals surface area contributed by atoms with Crippen LogP contribution in [0.5, 0.6) is 0 Å². The van der Waals surface area contributed by atoms with E-state index in [0.717, 1.165) is 12.8 Å². The lowest BCUT2D eigenvalue weighted by atomic mass is 10.2. The van der Waals surface area contributed by atoms with Crippen LogP contribution >= 0.6 is 0 Å². The van der Waals surface area contributed by atoms with Gasteiger partial charge in [-0.3, -0.25) is 0 Å². The number of carbonyl (C=O) groups is 1. The van der Waals surface area contributed by atoms with Gasteiger partial charge in [0.2, 0.25) is 10.0 Å². The number of aromatic amines is 1. The average molecular weight is 318 g/mol. The number of carboxylic acids is 1. The number of ether oxygens (including phenoxy) is 1. The predicted octanol–water partition coefficient (Wildman–Crippen LogP) is 1.42. The molecule has 1 aromatic heterocycles. The maximum atomic E-state index is 12.2. The van der Waals surface area contributed by atoms with Crippen LogP contribution in [0.4, 0.5) is 0 Å². The topological polar surface area (TPSA) is 108 Å². The Hall–Kier alpha value is -1.38. The molecule has 0 radical (unpaired) electrons. The summed E-state index contributed by atoms with van der Waals surface area (Å²) in [6.45, 7) is 6.09. The zero-order valence-electron chi connectivity index (χ0n) is 12.5. The molecule has 0 bridgehead atoms. The third-order valence-corrected chi connectivity index (χ3v) is 4.77. The molecule has 3 N–H and O–H groups in total. The van der Waals surface area contributed by atoms with Crippen LogP contribution in [0.25, 0.3) is 0 Å². The first-order valence-electron chi connectivity index (χ1n) is 6.81. The second-order valence-electron chi connectivity index (χ2n) is 4.75. The van der Waals surface area contributed by atoms with Crippen LogP contribution in [0.2, 0.25) is 0 Å². The number of aryl methyl sites for hydroxylation is 1. The van der Waals surface area contributed by atoms with Crippen molar-refractivity contribution in [3.05, 3.63) is 17.0 Å². The summed E-state index contributed by atoms with van der Waals surface area (Å²) < 4.78 is 32.1. The van der Waals surface area contributed by atoms with Gasteiger partial charge in [0.15, 0.2) is 0 Å². The van der Waals surface area contributed by atoms with Gasteiger partial charge in [-0.15, -0.1) is 0 Å². The molecule has 0 aliphatic rings. The lowest BCUT2D eigenvalue weighted by Crippen LogP contribution is -2.28. The minimum atomic E-state index is -3.75. The predicted molar refractivity (Wildman–Crippen MR) is 78.1 cm³/mol. The number of hydrogen-bond acceptors (Lipinski definition) is 4. The molecule has 8 heteroatoms. The first kappa shape index (κ1) is 17.7. The molecule has 0 aromatic carbocycles. The zero-order valence-corrected chi connectivity index (χ0v) is 13.3. The highest BCUT2D eigenvalue weighted by atomic mass is 32.2. The third kappa shape index (κ3) is 4.55. The fraction of sp³-hybridized carbons (Fsp3) is 0.615. The Labute approximate surface area is 124 Å². The summed E-state index contributed by atoms with van der Waals surface area (Å²) in [6, 6.07) is 0. The molecular weight excluding hydrogens is 296 g/mol. The Kier molecular flexibility index (Phi) is 6.38. The van der Waals surface area contributed by atoms with Gasteiger partial charge >= 0.3 is 5.97 Å². The summed E-state index contributed by atoms with van der Waals surface area (Å²) in [5, 5.41) is 9.00. The van der Waals surface area contributed by atoms with Gasteiger partial charge in [-0.05, 0) is 20.3 Å². The second kappa shape index (κ2) is 7.58. The summed E-state index contributed by atoms with van der Waals surface area (Å²) in [5.41, 5.74) is 0.413. The molecule has 0 aliphatic heterocycles. The van der Waals surface area contributed by atoms with E-state index in [2.05, 4.69) is 9.71 Å². The minimum Gasteiger partial charge on any atom is -0.477 e. The van der Waals surface area contributed by atoms with E-state index in [0.29, 0.717) is 12.3 Å². The molecule has 0 aliphatic carbocycles. The maximum Gasteiger partial charge on any atom is 0.352 e. The summed E-state index contributed by atoms with van der Waals surface area (Å²) in [4.78, 5) is 13.6. The van der Waals surface area contributed by atoms with Crippen molar-refractivity contribution in [3.63, 3.8) is 0 Å². The zero-order chi connectivity index (χ0) is 16.0. The molecule has 1 aromatic rings. The SMILES string of the molecule is CCCCOCCNS(=O)(=O)c1c(C)[nH]c(C(=O)O)c1C. The highest BCUT2D eigenvalue weighted by Crippen LogP contribution is 2.22. The number of aromatic carboxylic acids is 1. The van der Waals surface area contributed by atoms with Gasteiger partial charge < -0.3 is 14.8 Å². The van der Waals surface area contributed by atoms with Crippen LogP contribution in [0.3, 0.4) is 0 Å². The van der Waals surface area contributed by atoms with Crippen LogP contribution in [0.1, 0.15) is 41.5 Å². The van der Waals surface area contributed by atoms with Crippen molar-refractivity contribution < 1.29 is 23.1 Å². The molecule has 120 valence electrons. The molecule has 1 rings (SSSR count). The Morgan fingerprint density at radius 3 is 2.52 bits per heavy atom. The van der Waals surface area contributed by atoms with E-state index in [9.17, 15) is 13.2 Å². The fourth-order valence-electron chi connectivity index (χ4n) is 2.02. The quantitative estimate of drug-likeness (QED) is 0.597. The summed E-state index contributed by atoms with van der Waals surface area (Å²) in [7, 11) is -3.75. The van der Waals surface area contributed by atoms with Gasteiger partial charge in [0.05, 0.1) is 6.61 Å². The molecule has 1 heterocycles. The third-order valence-electron chi connectivity index (χ3n) is 3.03. The highest BCUT2D eigenvalue weighted by Gasteiger charge is 2.25.